The fourth-order valence-electron chi connectivity index (χ4n) is 3.18. The number of rotatable bonds is 6. The number of nitrogen functional groups attached to an aromatic ring is 1. The van der Waals surface area contributed by atoms with E-state index in [1.165, 1.54) is 17.2 Å². The Morgan fingerprint density at radius 2 is 1.94 bits per heavy atom. The van der Waals surface area contributed by atoms with Crippen LogP contribution in [0.15, 0.2) is 30.9 Å². The zero-order chi connectivity index (χ0) is 23.9. The number of carbonyl (C=O) groups is 1. The Labute approximate surface area is 185 Å². The third-order valence-electron chi connectivity index (χ3n) is 4.84. The van der Waals surface area contributed by atoms with E-state index in [1.807, 2.05) is 0 Å². The van der Waals surface area contributed by atoms with Crippen LogP contribution in [0, 0.1) is 0 Å². The maximum absolute atomic E-state index is 12.1. The summed E-state index contributed by atoms with van der Waals surface area (Å²) < 4.78 is 37.4. The molecule has 0 radical (unpaired) electrons. The number of imidazole rings is 1. The number of hydrogen-bond acceptors (Lipinski definition) is 13. The number of ether oxygens (including phenoxy) is 1. The Hall–Kier alpha value is -3.57. The first-order valence-electron chi connectivity index (χ1n) is 9.25. The summed E-state index contributed by atoms with van der Waals surface area (Å²) in [7, 11) is -4.66. The van der Waals surface area contributed by atoms with E-state index in [9.17, 15) is 33.6 Å². The van der Waals surface area contributed by atoms with Crippen LogP contribution < -0.4 is 10.5 Å². The van der Waals surface area contributed by atoms with Crippen LogP contribution in [0.25, 0.3) is 11.2 Å². The van der Waals surface area contributed by atoms with Crippen LogP contribution in [0.2, 0.25) is 0 Å². The molecule has 2 aromatic heterocycles. The average Bonchev–Trinajstić information content (AvgIpc) is 3.31. The van der Waals surface area contributed by atoms with Gasteiger partial charge in [0.05, 0.1) is 12.9 Å². The van der Waals surface area contributed by atoms with Crippen molar-refractivity contribution >= 4 is 33.2 Å². The monoisotopic (exact) mass is 482 g/mol. The highest BCUT2D eigenvalue weighted by Crippen LogP contribution is 2.32. The van der Waals surface area contributed by atoms with Crippen molar-refractivity contribution in [2.75, 3.05) is 12.3 Å². The standard InChI is InChI=1S/C17H18N6O9S/c18-14-11-15(20-5-19-14)23(6-21-11)17-13(27)12(26)10(32-17)4-31-33(29,30)22-16(28)7-1-2-8(24)9(25)3-7/h1-3,5-6,10,12-13,17,24-27H,4H2,(H,22,28)(H2,18,19,20)/t10-,12-,13-,17-/m1/s1. The first-order valence-corrected chi connectivity index (χ1v) is 10.7. The predicted octanol–water partition coefficient (Wildman–Crippen LogP) is -1.87. The third-order valence-corrected chi connectivity index (χ3v) is 5.72. The molecule has 0 bridgehead atoms. The number of carbonyl (C=O) groups excluding carboxylic acids is 1. The van der Waals surface area contributed by atoms with Crippen molar-refractivity contribution < 1.29 is 42.6 Å². The molecule has 176 valence electrons. The Balaban J connectivity index is 1.43. The SMILES string of the molecule is Nc1ncnc2c1ncn2[C@@H]1O[C@H](COS(=O)(=O)NC(=O)c2ccc(O)c(O)c2)[C@@H](O)[C@H]1O. The molecule has 0 aliphatic carbocycles. The number of amides is 1. The zero-order valence-corrected chi connectivity index (χ0v) is 17.3. The van der Waals surface area contributed by atoms with Crippen LogP contribution in [-0.4, -0.2) is 79.2 Å². The molecule has 1 aliphatic rings. The first kappa shape index (κ1) is 22.6. The summed E-state index contributed by atoms with van der Waals surface area (Å²) in [4.78, 5) is 23.9. The average molecular weight is 482 g/mol. The second kappa shape index (κ2) is 8.41. The molecule has 0 spiro atoms. The van der Waals surface area contributed by atoms with Crippen molar-refractivity contribution in [2.24, 2.45) is 0 Å². The summed E-state index contributed by atoms with van der Waals surface area (Å²) in [6.07, 6.45) is -3.09. The number of aliphatic hydroxyl groups excluding tert-OH is 2. The summed E-state index contributed by atoms with van der Waals surface area (Å²) in [5.41, 5.74) is 5.92. The highest BCUT2D eigenvalue weighted by Gasteiger charge is 2.45. The van der Waals surface area contributed by atoms with Gasteiger partial charge in [0.1, 0.15) is 30.2 Å². The minimum atomic E-state index is -4.66. The Bertz CT molecular complexity index is 1310. The molecular formula is C17H18N6O9S. The number of phenols is 2. The number of nitrogens with two attached hydrogens (primary N) is 1. The largest absolute Gasteiger partial charge is 0.504 e. The summed E-state index contributed by atoms with van der Waals surface area (Å²) in [5.74, 6) is -2.16. The van der Waals surface area contributed by atoms with Gasteiger partial charge in [-0.1, -0.05) is 0 Å². The van der Waals surface area contributed by atoms with Crippen LogP contribution in [0.1, 0.15) is 16.6 Å². The number of benzene rings is 1. The molecule has 3 heterocycles. The number of aromatic nitrogens is 4. The lowest BCUT2D eigenvalue weighted by Gasteiger charge is -2.16. The maximum atomic E-state index is 12.1. The van der Waals surface area contributed by atoms with Crippen molar-refractivity contribution in [3.05, 3.63) is 36.4 Å². The number of fused-ring (bicyclic) bond motifs is 1. The number of aromatic hydroxyl groups is 2. The molecule has 3 aromatic rings. The van der Waals surface area contributed by atoms with E-state index in [0.29, 0.717) is 0 Å². The molecular weight excluding hydrogens is 464 g/mol. The van der Waals surface area contributed by atoms with Crippen molar-refractivity contribution in [1.82, 2.24) is 24.2 Å². The molecule has 1 aliphatic heterocycles. The summed E-state index contributed by atoms with van der Waals surface area (Å²) in [6, 6.07) is 2.94. The van der Waals surface area contributed by atoms with Crippen molar-refractivity contribution in [3.8, 4) is 11.5 Å². The molecule has 4 atom stereocenters. The Kier molecular flexibility index (Phi) is 5.76. The molecule has 0 unspecified atom stereocenters. The topological polar surface area (TPSA) is 232 Å². The van der Waals surface area contributed by atoms with Gasteiger partial charge in [-0.25, -0.2) is 19.7 Å². The molecule has 0 saturated carbocycles. The van der Waals surface area contributed by atoms with Crippen molar-refractivity contribution in [3.63, 3.8) is 0 Å². The van der Waals surface area contributed by atoms with Gasteiger partial charge < -0.3 is 30.9 Å². The molecule has 1 fully saturated rings. The number of nitrogens with zero attached hydrogens (tertiary/aromatic N) is 4. The number of hydrogen-bond donors (Lipinski definition) is 6. The Morgan fingerprint density at radius 3 is 2.67 bits per heavy atom. The predicted molar refractivity (Wildman–Crippen MR) is 108 cm³/mol. The second-order valence-electron chi connectivity index (χ2n) is 7.00. The number of phenolic OH excluding ortho intramolecular Hbond substituents is 2. The van der Waals surface area contributed by atoms with E-state index in [-0.39, 0.29) is 22.5 Å². The lowest BCUT2D eigenvalue weighted by molar-refractivity contribution is -0.0468. The minimum Gasteiger partial charge on any atom is -0.504 e. The van der Waals surface area contributed by atoms with Crippen molar-refractivity contribution in [1.29, 1.82) is 0 Å². The fraction of sp³-hybridized carbons (Fsp3) is 0.294. The molecule has 16 heteroatoms. The van der Waals surface area contributed by atoms with E-state index in [0.717, 1.165) is 18.2 Å². The molecule has 1 saturated heterocycles. The van der Waals surface area contributed by atoms with Gasteiger partial charge in [-0.05, 0) is 18.2 Å². The third kappa shape index (κ3) is 4.37. The summed E-state index contributed by atoms with van der Waals surface area (Å²) in [5, 5.41) is 39.4. The second-order valence-corrected chi connectivity index (χ2v) is 8.35. The quantitative estimate of drug-likeness (QED) is 0.212. The minimum absolute atomic E-state index is 0.0930. The molecule has 15 nitrogen and oxygen atoms in total. The zero-order valence-electron chi connectivity index (χ0n) is 16.5. The maximum Gasteiger partial charge on any atom is 0.362 e. The van der Waals surface area contributed by atoms with Crippen LogP contribution >= 0.6 is 0 Å². The molecule has 33 heavy (non-hydrogen) atoms. The highest BCUT2D eigenvalue weighted by molar-refractivity contribution is 7.85. The van der Waals surface area contributed by atoms with Gasteiger partial charge in [-0.3, -0.25) is 13.5 Å². The van der Waals surface area contributed by atoms with Crippen LogP contribution in [0.5, 0.6) is 11.5 Å². The smallest absolute Gasteiger partial charge is 0.362 e. The highest BCUT2D eigenvalue weighted by atomic mass is 32.2. The van der Waals surface area contributed by atoms with Gasteiger partial charge in [-0.2, -0.15) is 8.42 Å². The first-order chi connectivity index (χ1) is 15.6. The van der Waals surface area contributed by atoms with E-state index in [1.54, 1.807) is 4.72 Å². The van der Waals surface area contributed by atoms with Gasteiger partial charge in [0, 0.05) is 5.56 Å². The molecule has 1 aromatic carbocycles. The van der Waals surface area contributed by atoms with E-state index < -0.39 is 58.9 Å². The van der Waals surface area contributed by atoms with Gasteiger partial charge in [0.15, 0.2) is 29.2 Å². The number of aliphatic hydroxyl groups is 2. The van der Waals surface area contributed by atoms with Gasteiger partial charge in [0.2, 0.25) is 0 Å². The van der Waals surface area contributed by atoms with Gasteiger partial charge in [0.25, 0.3) is 5.91 Å². The van der Waals surface area contributed by atoms with Gasteiger partial charge >= 0.3 is 10.3 Å². The number of anilines is 1. The lowest BCUT2D eigenvalue weighted by Crippen LogP contribution is -2.37. The lowest BCUT2D eigenvalue weighted by atomic mass is 10.1. The van der Waals surface area contributed by atoms with E-state index in [4.69, 9.17) is 14.7 Å². The van der Waals surface area contributed by atoms with E-state index >= 15 is 0 Å². The van der Waals surface area contributed by atoms with E-state index in [2.05, 4.69) is 15.0 Å². The van der Waals surface area contributed by atoms with Crippen LogP contribution in [0.4, 0.5) is 5.82 Å². The normalized spacial score (nSPS) is 23.1. The Morgan fingerprint density at radius 1 is 1.18 bits per heavy atom. The molecule has 7 N–H and O–H groups in total. The van der Waals surface area contributed by atoms with Gasteiger partial charge in [-0.15, -0.1) is 0 Å². The van der Waals surface area contributed by atoms with Crippen LogP contribution in [0.3, 0.4) is 0 Å². The fourth-order valence-corrected chi connectivity index (χ4v) is 3.89. The van der Waals surface area contributed by atoms with Crippen LogP contribution in [-0.2, 0) is 19.2 Å². The summed E-state index contributed by atoms with van der Waals surface area (Å²) in [6.45, 7) is -0.748. The molecule has 4 rings (SSSR count). The molecule has 1 amide bonds. The van der Waals surface area contributed by atoms with Crippen molar-refractivity contribution in [2.45, 2.75) is 24.5 Å². The number of nitrogens with one attached hydrogen (secondary N) is 1. The summed E-state index contributed by atoms with van der Waals surface area (Å²) >= 11 is 0.